The van der Waals surface area contributed by atoms with Crippen LogP contribution in [0.5, 0.6) is 0 Å². The molecule has 1 aliphatic carbocycles. The molecule has 1 unspecified atom stereocenters. The van der Waals surface area contributed by atoms with Crippen molar-refractivity contribution in [2.45, 2.75) is 31.5 Å². The maximum atomic E-state index is 13.5. The summed E-state index contributed by atoms with van der Waals surface area (Å²) in [6.07, 6.45) is 2.08. The summed E-state index contributed by atoms with van der Waals surface area (Å²) >= 11 is 0. The lowest BCUT2D eigenvalue weighted by atomic mass is 10.0. The first-order valence-corrected chi connectivity index (χ1v) is 5.77. The number of alkyl halides is 3. The Kier molecular flexibility index (Phi) is 3.59. The molecular weight excluding hydrogens is 246 g/mol. The van der Waals surface area contributed by atoms with E-state index >= 15 is 0 Å². The molecule has 1 aromatic rings. The molecule has 0 radical (unpaired) electrons. The van der Waals surface area contributed by atoms with Crippen LogP contribution < -0.4 is 5.32 Å². The van der Waals surface area contributed by atoms with E-state index in [0.29, 0.717) is 0 Å². The summed E-state index contributed by atoms with van der Waals surface area (Å²) < 4.78 is 51.0. The summed E-state index contributed by atoms with van der Waals surface area (Å²) in [4.78, 5) is 0. The van der Waals surface area contributed by atoms with E-state index in [1.807, 2.05) is 12.2 Å². The highest BCUT2D eigenvalue weighted by Crippen LogP contribution is 2.32. The zero-order valence-corrected chi connectivity index (χ0v) is 9.60. The molecule has 0 amide bonds. The van der Waals surface area contributed by atoms with Crippen molar-refractivity contribution in [3.05, 3.63) is 41.7 Å². The highest BCUT2D eigenvalue weighted by atomic mass is 19.4. The Morgan fingerprint density at radius 3 is 2.61 bits per heavy atom. The van der Waals surface area contributed by atoms with Crippen LogP contribution >= 0.6 is 0 Å². The predicted octanol–water partition coefficient (Wildman–Crippen LogP) is 4.37. The highest BCUT2D eigenvalue weighted by Gasteiger charge is 2.31. The molecule has 1 nitrogen and oxygen atoms in total. The third-order valence-corrected chi connectivity index (χ3v) is 2.89. The maximum Gasteiger partial charge on any atom is 0.416 e. The monoisotopic (exact) mass is 259 g/mol. The van der Waals surface area contributed by atoms with E-state index in [2.05, 4.69) is 5.32 Å². The zero-order chi connectivity index (χ0) is 13.2. The van der Waals surface area contributed by atoms with E-state index in [9.17, 15) is 17.6 Å². The number of nitrogens with one attached hydrogen (secondary N) is 1. The van der Waals surface area contributed by atoms with Crippen molar-refractivity contribution < 1.29 is 17.6 Å². The second-order valence-corrected chi connectivity index (χ2v) is 4.30. The third kappa shape index (κ3) is 3.03. The Morgan fingerprint density at radius 2 is 2.00 bits per heavy atom. The fraction of sp³-hybridized carbons (Fsp3) is 0.385. The van der Waals surface area contributed by atoms with Crippen molar-refractivity contribution in [2.75, 3.05) is 5.32 Å². The molecule has 0 heterocycles. The maximum absolute atomic E-state index is 13.5. The third-order valence-electron chi connectivity index (χ3n) is 2.89. The van der Waals surface area contributed by atoms with Crippen molar-refractivity contribution in [1.82, 2.24) is 0 Å². The second-order valence-electron chi connectivity index (χ2n) is 4.30. The molecule has 2 rings (SSSR count). The molecule has 0 aliphatic heterocycles. The van der Waals surface area contributed by atoms with Gasteiger partial charge < -0.3 is 5.32 Å². The number of hydrogen-bond acceptors (Lipinski definition) is 1. The van der Waals surface area contributed by atoms with Gasteiger partial charge in [0.2, 0.25) is 0 Å². The van der Waals surface area contributed by atoms with Crippen LogP contribution in [0.2, 0.25) is 0 Å². The molecule has 0 fully saturated rings. The quantitative estimate of drug-likeness (QED) is 0.614. The lowest BCUT2D eigenvalue weighted by Gasteiger charge is -2.20. The minimum atomic E-state index is -4.45. The van der Waals surface area contributed by atoms with Crippen molar-refractivity contribution in [1.29, 1.82) is 0 Å². The van der Waals surface area contributed by atoms with Crippen molar-refractivity contribution in [3.8, 4) is 0 Å². The standard InChI is InChI=1S/C13H13F4N/c14-11-7-6-9(13(15,16)17)8-12(11)18-10-4-2-1-3-5-10/h2,4,6-8,10,18H,1,3,5H2. The van der Waals surface area contributed by atoms with Gasteiger partial charge in [-0.05, 0) is 37.5 Å². The van der Waals surface area contributed by atoms with Crippen LogP contribution in [0.25, 0.3) is 0 Å². The zero-order valence-electron chi connectivity index (χ0n) is 9.60. The number of benzene rings is 1. The molecule has 1 aromatic carbocycles. The molecule has 0 spiro atoms. The van der Waals surface area contributed by atoms with Gasteiger partial charge in [0.15, 0.2) is 0 Å². The predicted molar refractivity (Wildman–Crippen MR) is 61.8 cm³/mol. The molecular formula is C13H13F4N. The smallest absolute Gasteiger partial charge is 0.376 e. The Bertz CT molecular complexity index is 451. The van der Waals surface area contributed by atoms with Crippen LogP contribution in [0, 0.1) is 5.82 Å². The van der Waals surface area contributed by atoms with E-state index in [1.165, 1.54) is 0 Å². The fourth-order valence-corrected chi connectivity index (χ4v) is 1.94. The minimum absolute atomic E-state index is 0.0959. The van der Waals surface area contributed by atoms with E-state index in [0.717, 1.165) is 37.5 Å². The van der Waals surface area contributed by atoms with Gasteiger partial charge in [-0.1, -0.05) is 12.2 Å². The van der Waals surface area contributed by atoms with Gasteiger partial charge in [0.05, 0.1) is 11.3 Å². The minimum Gasteiger partial charge on any atom is -0.376 e. The number of halogens is 4. The highest BCUT2D eigenvalue weighted by molar-refractivity contribution is 5.49. The number of hydrogen-bond donors (Lipinski definition) is 1. The first kappa shape index (κ1) is 12.9. The summed E-state index contributed by atoms with van der Waals surface area (Å²) in [5, 5.41) is 2.80. The molecule has 5 heteroatoms. The molecule has 98 valence electrons. The average Bonchev–Trinajstić information content (AvgIpc) is 2.32. The second kappa shape index (κ2) is 5.00. The average molecular weight is 259 g/mol. The first-order chi connectivity index (χ1) is 8.47. The van der Waals surface area contributed by atoms with Crippen LogP contribution in [0.1, 0.15) is 24.8 Å². The lowest BCUT2D eigenvalue weighted by Crippen LogP contribution is -2.20. The molecule has 0 saturated heterocycles. The van der Waals surface area contributed by atoms with Crippen molar-refractivity contribution >= 4 is 5.69 Å². The van der Waals surface area contributed by atoms with E-state index in [-0.39, 0.29) is 11.7 Å². The summed E-state index contributed by atoms with van der Waals surface area (Å²) in [5.74, 6) is -0.665. The Hall–Kier alpha value is -1.52. The van der Waals surface area contributed by atoms with Crippen molar-refractivity contribution in [3.63, 3.8) is 0 Å². The molecule has 1 aliphatic rings. The van der Waals surface area contributed by atoms with Crippen LogP contribution in [0.15, 0.2) is 30.4 Å². The first-order valence-electron chi connectivity index (χ1n) is 5.77. The normalized spacial score (nSPS) is 19.9. The van der Waals surface area contributed by atoms with Crippen molar-refractivity contribution in [2.24, 2.45) is 0 Å². The van der Waals surface area contributed by atoms with Gasteiger partial charge >= 0.3 is 6.18 Å². The van der Waals surface area contributed by atoms with Crippen LogP contribution in [-0.2, 0) is 6.18 Å². The molecule has 0 saturated carbocycles. The van der Waals surface area contributed by atoms with E-state index in [1.54, 1.807) is 0 Å². The Morgan fingerprint density at radius 1 is 1.22 bits per heavy atom. The summed E-state index contributed by atoms with van der Waals surface area (Å²) in [5.41, 5.74) is -0.937. The summed E-state index contributed by atoms with van der Waals surface area (Å²) in [6.45, 7) is 0. The van der Waals surface area contributed by atoms with Crippen LogP contribution in [0.3, 0.4) is 0 Å². The van der Waals surface area contributed by atoms with Gasteiger partial charge in [-0.25, -0.2) is 4.39 Å². The van der Waals surface area contributed by atoms with Crippen LogP contribution in [-0.4, -0.2) is 6.04 Å². The van der Waals surface area contributed by atoms with Gasteiger partial charge in [0.25, 0.3) is 0 Å². The van der Waals surface area contributed by atoms with E-state index in [4.69, 9.17) is 0 Å². The van der Waals surface area contributed by atoms with Crippen LogP contribution in [0.4, 0.5) is 23.2 Å². The fourth-order valence-electron chi connectivity index (χ4n) is 1.94. The number of allylic oxidation sites excluding steroid dienone is 1. The van der Waals surface area contributed by atoms with Gasteiger partial charge in [0, 0.05) is 6.04 Å². The summed E-state index contributed by atoms with van der Waals surface area (Å²) in [7, 11) is 0. The largest absolute Gasteiger partial charge is 0.416 e. The van der Waals surface area contributed by atoms with Gasteiger partial charge in [-0.15, -0.1) is 0 Å². The molecule has 18 heavy (non-hydrogen) atoms. The Balaban J connectivity index is 2.21. The lowest BCUT2D eigenvalue weighted by molar-refractivity contribution is -0.137. The molecule has 1 N–H and O–H groups in total. The summed E-state index contributed by atoms with van der Waals surface area (Å²) in [6, 6.07) is 2.31. The molecule has 0 aromatic heterocycles. The van der Waals surface area contributed by atoms with Gasteiger partial charge in [-0.2, -0.15) is 13.2 Å². The Labute approximate surface area is 103 Å². The topological polar surface area (TPSA) is 12.0 Å². The molecule has 0 bridgehead atoms. The number of rotatable bonds is 2. The molecule has 1 atom stereocenters. The van der Waals surface area contributed by atoms with E-state index < -0.39 is 17.6 Å². The van der Waals surface area contributed by atoms with Gasteiger partial charge in [-0.3, -0.25) is 0 Å². The SMILES string of the molecule is Fc1ccc(C(F)(F)F)cc1NC1C=CCCC1. The number of anilines is 1. The van der Waals surface area contributed by atoms with Gasteiger partial charge in [0.1, 0.15) is 5.82 Å².